The molecule has 0 amide bonds. The van der Waals surface area contributed by atoms with E-state index in [0.29, 0.717) is 11.1 Å². The molecular formula is C17H24ClNO. The van der Waals surface area contributed by atoms with Crippen LogP contribution in [0.15, 0.2) is 18.2 Å². The van der Waals surface area contributed by atoms with E-state index in [1.165, 1.54) is 37.7 Å². The Labute approximate surface area is 126 Å². The molecule has 2 aliphatic rings. The average Bonchev–Trinajstić information content (AvgIpc) is 3.07. The van der Waals surface area contributed by atoms with E-state index in [1.807, 2.05) is 6.07 Å². The van der Waals surface area contributed by atoms with Gasteiger partial charge in [0.15, 0.2) is 0 Å². The fraction of sp³-hybridized carbons (Fsp3) is 0.647. The molecule has 3 heteroatoms. The Morgan fingerprint density at radius 3 is 2.75 bits per heavy atom. The van der Waals surface area contributed by atoms with Gasteiger partial charge in [0.25, 0.3) is 0 Å². The van der Waals surface area contributed by atoms with E-state index in [1.54, 1.807) is 7.11 Å². The van der Waals surface area contributed by atoms with Gasteiger partial charge in [-0.1, -0.05) is 24.1 Å². The maximum absolute atomic E-state index is 6.26. The van der Waals surface area contributed by atoms with E-state index in [9.17, 15) is 0 Å². The fourth-order valence-corrected chi connectivity index (χ4v) is 4.55. The van der Waals surface area contributed by atoms with Crippen LogP contribution in [-0.4, -0.2) is 14.2 Å². The average molecular weight is 294 g/mol. The van der Waals surface area contributed by atoms with Gasteiger partial charge in [0, 0.05) is 6.04 Å². The van der Waals surface area contributed by atoms with Crippen LogP contribution in [0.5, 0.6) is 5.75 Å². The molecule has 0 aliphatic heterocycles. The molecule has 1 N–H and O–H groups in total. The van der Waals surface area contributed by atoms with Crippen molar-refractivity contribution in [2.24, 2.45) is 17.8 Å². The minimum absolute atomic E-state index is 0.405. The van der Waals surface area contributed by atoms with E-state index in [4.69, 9.17) is 16.3 Å². The van der Waals surface area contributed by atoms with Gasteiger partial charge in [-0.3, -0.25) is 0 Å². The third kappa shape index (κ3) is 2.68. The minimum atomic E-state index is 0.405. The summed E-state index contributed by atoms with van der Waals surface area (Å²) < 4.78 is 5.23. The predicted octanol–water partition coefficient (Wildman–Crippen LogP) is 4.44. The van der Waals surface area contributed by atoms with Crippen LogP contribution in [0.3, 0.4) is 0 Å². The van der Waals surface area contributed by atoms with E-state index in [0.717, 1.165) is 23.5 Å². The van der Waals surface area contributed by atoms with Crippen molar-refractivity contribution in [3.63, 3.8) is 0 Å². The lowest BCUT2D eigenvalue weighted by Gasteiger charge is -2.27. The summed E-state index contributed by atoms with van der Waals surface area (Å²) >= 11 is 6.26. The highest BCUT2D eigenvalue weighted by molar-refractivity contribution is 6.32. The molecule has 1 aromatic rings. The van der Waals surface area contributed by atoms with Crippen molar-refractivity contribution in [1.29, 1.82) is 0 Å². The Kier molecular flexibility index (Phi) is 4.23. The van der Waals surface area contributed by atoms with Crippen LogP contribution < -0.4 is 10.1 Å². The Balaban J connectivity index is 1.71. The Bertz CT molecular complexity index is 476. The molecule has 0 saturated heterocycles. The SMILES string of the molecule is CNC(CC1CC2CCC1C2)c1ccc(OC)c(Cl)c1. The van der Waals surface area contributed by atoms with E-state index in [2.05, 4.69) is 24.5 Å². The van der Waals surface area contributed by atoms with Gasteiger partial charge in [0.05, 0.1) is 12.1 Å². The smallest absolute Gasteiger partial charge is 0.137 e. The number of benzene rings is 1. The molecule has 2 aliphatic carbocycles. The summed E-state index contributed by atoms with van der Waals surface area (Å²) in [7, 11) is 3.71. The summed E-state index contributed by atoms with van der Waals surface area (Å²) in [6, 6.07) is 6.57. The molecule has 1 aromatic carbocycles. The predicted molar refractivity (Wildman–Crippen MR) is 83.4 cm³/mol. The molecule has 4 atom stereocenters. The van der Waals surface area contributed by atoms with Crippen molar-refractivity contribution in [2.45, 2.75) is 38.1 Å². The van der Waals surface area contributed by atoms with Gasteiger partial charge < -0.3 is 10.1 Å². The number of hydrogen-bond acceptors (Lipinski definition) is 2. The quantitative estimate of drug-likeness (QED) is 0.867. The summed E-state index contributed by atoms with van der Waals surface area (Å²) in [6.07, 6.45) is 7.08. The van der Waals surface area contributed by atoms with Gasteiger partial charge in [0.1, 0.15) is 5.75 Å². The normalized spacial score (nSPS) is 29.6. The molecule has 2 bridgehead atoms. The van der Waals surface area contributed by atoms with Crippen molar-refractivity contribution in [3.8, 4) is 5.75 Å². The first kappa shape index (κ1) is 14.2. The van der Waals surface area contributed by atoms with Crippen LogP contribution in [0, 0.1) is 17.8 Å². The summed E-state index contributed by atoms with van der Waals surface area (Å²) in [4.78, 5) is 0. The van der Waals surface area contributed by atoms with Gasteiger partial charge in [-0.25, -0.2) is 0 Å². The number of rotatable bonds is 5. The number of nitrogens with one attached hydrogen (secondary N) is 1. The maximum atomic E-state index is 6.26. The monoisotopic (exact) mass is 293 g/mol. The second-order valence-corrected chi connectivity index (χ2v) is 6.81. The molecule has 0 spiro atoms. The molecule has 20 heavy (non-hydrogen) atoms. The molecule has 2 saturated carbocycles. The van der Waals surface area contributed by atoms with Gasteiger partial charge in [0.2, 0.25) is 0 Å². The first-order valence-corrected chi connectivity index (χ1v) is 8.09. The molecule has 2 nitrogen and oxygen atoms in total. The summed E-state index contributed by atoms with van der Waals surface area (Å²) in [6.45, 7) is 0. The Morgan fingerprint density at radius 1 is 1.35 bits per heavy atom. The Morgan fingerprint density at radius 2 is 2.20 bits per heavy atom. The van der Waals surface area contributed by atoms with E-state index < -0.39 is 0 Å². The van der Waals surface area contributed by atoms with Crippen molar-refractivity contribution < 1.29 is 4.74 Å². The topological polar surface area (TPSA) is 21.3 Å². The van der Waals surface area contributed by atoms with Crippen molar-refractivity contribution >= 4 is 11.6 Å². The van der Waals surface area contributed by atoms with Gasteiger partial charge in [-0.2, -0.15) is 0 Å². The van der Waals surface area contributed by atoms with Crippen LogP contribution in [0.1, 0.15) is 43.7 Å². The van der Waals surface area contributed by atoms with E-state index >= 15 is 0 Å². The second kappa shape index (κ2) is 5.95. The highest BCUT2D eigenvalue weighted by Crippen LogP contribution is 2.51. The van der Waals surface area contributed by atoms with Crippen LogP contribution in [0.4, 0.5) is 0 Å². The summed E-state index contributed by atoms with van der Waals surface area (Å²) in [5.74, 6) is 3.64. The number of hydrogen-bond donors (Lipinski definition) is 1. The first-order valence-electron chi connectivity index (χ1n) is 7.72. The summed E-state index contributed by atoms with van der Waals surface area (Å²) in [5.41, 5.74) is 1.28. The zero-order valence-electron chi connectivity index (χ0n) is 12.4. The molecule has 110 valence electrons. The molecule has 0 heterocycles. The molecule has 0 aromatic heterocycles. The second-order valence-electron chi connectivity index (χ2n) is 6.41. The van der Waals surface area contributed by atoms with Gasteiger partial charge >= 0.3 is 0 Å². The van der Waals surface area contributed by atoms with Crippen LogP contribution in [0.25, 0.3) is 0 Å². The van der Waals surface area contributed by atoms with Crippen LogP contribution >= 0.6 is 11.6 Å². The third-order valence-corrected chi connectivity index (χ3v) is 5.65. The zero-order valence-corrected chi connectivity index (χ0v) is 13.1. The lowest BCUT2D eigenvalue weighted by Crippen LogP contribution is -2.22. The van der Waals surface area contributed by atoms with Crippen molar-refractivity contribution in [1.82, 2.24) is 5.32 Å². The molecule has 4 unspecified atom stereocenters. The highest BCUT2D eigenvalue weighted by atomic mass is 35.5. The standard InChI is InChI=1S/C17H24ClNO/c1-19-16(10-14-8-11-3-4-12(14)7-11)13-5-6-17(20-2)15(18)9-13/h5-6,9,11-12,14,16,19H,3-4,7-8,10H2,1-2H3. The molecule has 0 radical (unpaired) electrons. The van der Waals surface area contributed by atoms with Crippen molar-refractivity contribution in [2.75, 3.05) is 14.2 Å². The van der Waals surface area contributed by atoms with Gasteiger partial charge in [-0.05, 0) is 68.2 Å². The van der Waals surface area contributed by atoms with E-state index in [-0.39, 0.29) is 0 Å². The minimum Gasteiger partial charge on any atom is -0.495 e. The number of ether oxygens (including phenoxy) is 1. The first-order chi connectivity index (χ1) is 9.71. The Hall–Kier alpha value is -0.730. The number of halogens is 1. The van der Waals surface area contributed by atoms with Gasteiger partial charge in [-0.15, -0.1) is 0 Å². The largest absolute Gasteiger partial charge is 0.495 e. The lowest BCUT2D eigenvalue weighted by molar-refractivity contribution is 0.284. The van der Waals surface area contributed by atoms with Crippen molar-refractivity contribution in [3.05, 3.63) is 28.8 Å². The molecule has 2 fully saturated rings. The summed E-state index contributed by atoms with van der Waals surface area (Å²) in [5, 5.41) is 4.18. The molecular weight excluding hydrogens is 270 g/mol. The van der Waals surface area contributed by atoms with Crippen LogP contribution in [-0.2, 0) is 0 Å². The lowest BCUT2D eigenvalue weighted by atomic mass is 9.83. The maximum Gasteiger partial charge on any atom is 0.137 e. The highest BCUT2D eigenvalue weighted by Gasteiger charge is 2.40. The van der Waals surface area contributed by atoms with Crippen LogP contribution in [0.2, 0.25) is 5.02 Å². The third-order valence-electron chi connectivity index (χ3n) is 5.35. The number of methoxy groups -OCH3 is 1. The molecule has 3 rings (SSSR count). The fourth-order valence-electron chi connectivity index (χ4n) is 4.29. The zero-order chi connectivity index (χ0) is 14.1. The number of fused-ring (bicyclic) bond motifs is 2.